The lowest BCUT2D eigenvalue weighted by Crippen LogP contribution is -2.17. The minimum absolute atomic E-state index is 0.0414. The van der Waals surface area contributed by atoms with E-state index in [1.165, 1.54) is 0 Å². The molecule has 3 heteroatoms. The number of aliphatic hydroxyl groups is 1. The van der Waals surface area contributed by atoms with Crippen LogP contribution in [0.3, 0.4) is 0 Å². The van der Waals surface area contributed by atoms with E-state index in [1.807, 2.05) is 18.2 Å². The van der Waals surface area contributed by atoms with E-state index in [4.69, 9.17) is 9.84 Å². The second-order valence-corrected chi connectivity index (χ2v) is 3.49. The van der Waals surface area contributed by atoms with Gasteiger partial charge in [-0.2, -0.15) is 0 Å². The number of Topliss-reactive ketones (excluding diaryl/α,β-unsaturated/α-hetero) is 1. The molecular formula is C11H12O3. The highest BCUT2D eigenvalue weighted by molar-refractivity contribution is 5.96. The van der Waals surface area contributed by atoms with Gasteiger partial charge in [0.2, 0.25) is 0 Å². The van der Waals surface area contributed by atoms with Gasteiger partial charge < -0.3 is 9.84 Å². The Labute approximate surface area is 82.4 Å². The van der Waals surface area contributed by atoms with Gasteiger partial charge in [-0.15, -0.1) is 0 Å². The molecule has 0 spiro atoms. The molecule has 0 aromatic carbocycles. The molecule has 1 N–H and O–H groups in total. The van der Waals surface area contributed by atoms with Gasteiger partial charge in [-0.1, -0.05) is 12.2 Å². The fraction of sp³-hybridized carbons (Fsp3) is 0.364. The number of aliphatic hydroxyl groups excluding tert-OH is 1. The van der Waals surface area contributed by atoms with Crippen LogP contribution in [0.5, 0.6) is 0 Å². The van der Waals surface area contributed by atoms with Gasteiger partial charge in [0.25, 0.3) is 0 Å². The number of carbonyl (C=O) groups is 1. The fourth-order valence-electron chi connectivity index (χ4n) is 1.70. The summed E-state index contributed by atoms with van der Waals surface area (Å²) in [5.41, 5.74) is 0.713. The zero-order chi connectivity index (χ0) is 10.1. The first kappa shape index (κ1) is 9.21. The lowest BCUT2D eigenvalue weighted by Gasteiger charge is -2.17. The second kappa shape index (κ2) is 3.42. The summed E-state index contributed by atoms with van der Waals surface area (Å²) in [4.78, 5) is 11.1. The van der Waals surface area contributed by atoms with Crippen LogP contribution in [0.25, 0.3) is 0 Å². The molecule has 0 fully saturated rings. The maximum Gasteiger partial charge on any atom is 0.159 e. The molecule has 74 valence electrons. The van der Waals surface area contributed by atoms with Crippen molar-refractivity contribution in [3.05, 3.63) is 35.6 Å². The highest BCUT2D eigenvalue weighted by atomic mass is 16.5. The Bertz CT molecular complexity index is 350. The van der Waals surface area contributed by atoms with Crippen LogP contribution in [-0.2, 0) is 9.53 Å². The summed E-state index contributed by atoms with van der Waals surface area (Å²) >= 11 is 0. The SMILES string of the molecule is CC(=O)C1=CC2C=C(CO)OC2C=C1. The van der Waals surface area contributed by atoms with Gasteiger partial charge in [-0.3, -0.25) is 4.79 Å². The lowest BCUT2D eigenvalue weighted by molar-refractivity contribution is -0.113. The summed E-state index contributed by atoms with van der Waals surface area (Å²) in [5.74, 6) is 0.748. The topological polar surface area (TPSA) is 46.5 Å². The molecule has 1 aliphatic heterocycles. The predicted molar refractivity (Wildman–Crippen MR) is 51.4 cm³/mol. The Morgan fingerprint density at radius 3 is 3.00 bits per heavy atom. The van der Waals surface area contributed by atoms with Crippen molar-refractivity contribution in [1.29, 1.82) is 0 Å². The van der Waals surface area contributed by atoms with Gasteiger partial charge >= 0.3 is 0 Å². The Balaban J connectivity index is 2.21. The Morgan fingerprint density at radius 1 is 1.57 bits per heavy atom. The van der Waals surface area contributed by atoms with Gasteiger partial charge in [-0.25, -0.2) is 0 Å². The van der Waals surface area contributed by atoms with Crippen molar-refractivity contribution in [3.63, 3.8) is 0 Å². The summed E-state index contributed by atoms with van der Waals surface area (Å²) in [5, 5.41) is 8.88. The van der Waals surface area contributed by atoms with Crippen LogP contribution < -0.4 is 0 Å². The molecule has 0 aromatic heterocycles. The van der Waals surface area contributed by atoms with Crippen molar-refractivity contribution < 1.29 is 14.6 Å². The van der Waals surface area contributed by atoms with Crippen LogP contribution >= 0.6 is 0 Å². The van der Waals surface area contributed by atoms with Crippen molar-refractivity contribution in [3.8, 4) is 0 Å². The van der Waals surface area contributed by atoms with Crippen LogP contribution in [0.1, 0.15) is 6.92 Å². The van der Waals surface area contributed by atoms with Gasteiger partial charge in [-0.05, 0) is 19.1 Å². The Kier molecular flexibility index (Phi) is 2.25. The Morgan fingerprint density at radius 2 is 2.36 bits per heavy atom. The molecule has 1 aliphatic carbocycles. The zero-order valence-electron chi connectivity index (χ0n) is 7.93. The maximum atomic E-state index is 11.1. The number of fused-ring (bicyclic) bond motifs is 1. The molecule has 14 heavy (non-hydrogen) atoms. The van der Waals surface area contributed by atoms with Crippen LogP contribution in [0.15, 0.2) is 35.6 Å². The third-order valence-electron chi connectivity index (χ3n) is 2.44. The van der Waals surface area contributed by atoms with Crippen molar-refractivity contribution in [2.75, 3.05) is 6.61 Å². The molecule has 0 aromatic rings. The molecular weight excluding hydrogens is 180 g/mol. The van der Waals surface area contributed by atoms with E-state index in [0.717, 1.165) is 0 Å². The largest absolute Gasteiger partial charge is 0.488 e. The molecule has 0 radical (unpaired) electrons. The number of hydrogen-bond acceptors (Lipinski definition) is 3. The molecule has 2 rings (SSSR count). The number of carbonyl (C=O) groups excluding carboxylic acids is 1. The highest BCUT2D eigenvalue weighted by Crippen LogP contribution is 2.29. The predicted octanol–water partition coefficient (Wildman–Crippen LogP) is 0.963. The van der Waals surface area contributed by atoms with Crippen molar-refractivity contribution in [2.24, 2.45) is 5.92 Å². The second-order valence-electron chi connectivity index (χ2n) is 3.49. The standard InChI is InChI=1S/C11H12O3/c1-7(13)8-2-3-11-9(4-8)5-10(6-12)14-11/h2-5,9,11-12H,6H2,1H3. The molecule has 2 unspecified atom stereocenters. The van der Waals surface area contributed by atoms with E-state index in [1.54, 1.807) is 13.0 Å². The molecule has 2 aliphatic rings. The smallest absolute Gasteiger partial charge is 0.159 e. The van der Waals surface area contributed by atoms with Crippen LogP contribution in [0, 0.1) is 5.92 Å². The molecule has 2 atom stereocenters. The first-order valence-corrected chi connectivity index (χ1v) is 4.60. The summed E-state index contributed by atoms with van der Waals surface area (Å²) < 4.78 is 5.41. The average Bonchev–Trinajstić information content (AvgIpc) is 2.58. The van der Waals surface area contributed by atoms with Gasteiger partial charge in [0.1, 0.15) is 18.5 Å². The first-order chi connectivity index (χ1) is 6.70. The monoisotopic (exact) mass is 192 g/mol. The third-order valence-corrected chi connectivity index (χ3v) is 2.44. The summed E-state index contributed by atoms with van der Waals surface area (Å²) in [6.45, 7) is 1.47. The van der Waals surface area contributed by atoms with Crippen molar-refractivity contribution >= 4 is 5.78 Å². The highest BCUT2D eigenvalue weighted by Gasteiger charge is 2.28. The first-order valence-electron chi connectivity index (χ1n) is 4.60. The minimum atomic E-state index is -0.0793. The zero-order valence-corrected chi connectivity index (χ0v) is 7.93. The van der Waals surface area contributed by atoms with E-state index in [9.17, 15) is 4.79 Å². The number of allylic oxidation sites excluding steroid dienone is 2. The average molecular weight is 192 g/mol. The summed E-state index contributed by atoms with van der Waals surface area (Å²) in [6, 6.07) is 0. The van der Waals surface area contributed by atoms with Gasteiger partial charge in [0.05, 0.1) is 0 Å². The van der Waals surface area contributed by atoms with E-state index in [0.29, 0.717) is 11.3 Å². The maximum absolute atomic E-state index is 11.1. The molecule has 0 saturated carbocycles. The van der Waals surface area contributed by atoms with E-state index in [-0.39, 0.29) is 24.4 Å². The van der Waals surface area contributed by atoms with Crippen molar-refractivity contribution in [2.45, 2.75) is 13.0 Å². The number of ketones is 1. The summed E-state index contributed by atoms with van der Waals surface area (Å²) in [7, 11) is 0. The fourth-order valence-corrected chi connectivity index (χ4v) is 1.70. The summed E-state index contributed by atoms with van der Waals surface area (Å²) in [6.07, 6.45) is 7.34. The van der Waals surface area contributed by atoms with E-state index < -0.39 is 0 Å². The molecule has 0 saturated heterocycles. The number of ether oxygens (including phenoxy) is 1. The molecule has 3 nitrogen and oxygen atoms in total. The van der Waals surface area contributed by atoms with Crippen LogP contribution in [-0.4, -0.2) is 23.6 Å². The van der Waals surface area contributed by atoms with Gasteiger partial charge in [0, 0.05) is 11.5 Å². The molecule has 0 bridgehead atoms. The van der Waals surface area contributed by atoms with Gasteiger partial charge in [0.15, 0.2) is 5.78 Å². The Hall–Kier alpha value is -1.35. The molecule has 1 heterocycles. The number of rotatable bonds is 2. The van der Waals surface area contributed by atoms with E-state index >= 15 is 0 Å². The third kappa shape index (κ3) is 1.51. The normalized spacial score (nSPS) is 29.0. The van der Waals surface area contributed by atoms with Crippen LogP contribution in [0.4, 0.5) is 0 Å². The minimum Gasteiger partial charge on any atom is -0.488 e. The van der Waals surface area contributed by atoms with Crippen molar-refractivity contribution in [1.82, 2.24) is 0 Å². The lowest BCUT2D eigenvalue weighted by atomic mass is 9.93. The molecule has 0 amide bonds. The number of hydrogen-bond donors (Lipinski definition) is 1. The van der Waals surface area contributed by atoms with Crippen LogP contribution in [0.2, 0.25) is 0 Å². The van der Waals surface area contributed by atoms with E-state index in [2.05, 4.69) is 0 Å². The quantitative estimate of drug-likeness (QED) is 0.709.